The van der Waals surface area contributed by atoms with Gasteiger partial charge in [0.05, 0.1) is 0 Å². The second kappa shape index (κ2) is 12.2. The lowest BCUT2D eigenvalue weighted by Gasteiger charge is -2.40. The van der Waals surface area contributed by atoms with Crippen LogP contribution in [-0.4, -0.2) is 47.1 Å². The molecule has 1 fully saturated rings. The summed E-state index contributed by atoms with van der Waals surface area (Å²) in [5, 5.41) is 6.87. The van der Waals surface area contributed by atoms with Gasteiger partial charge in [-0.1, -0.05) is 31.7 Å². The lowest BCUT2D eigenvalue weighted by molar-refractivity contribution is 0.00749. The molecule has 2 atom stereocenters. The van der Waals surface area contributed by atoms with Gasteiger partial charge in [-0.25, -0.2) is 9.79 Å². The van der Waals surface area contributed by atoms with E-state index in [4.69, 9.17) is 22.1 Å². The molecule has 0 aromatic heterocycles. The van der Waals surface area contributed by atoms with Gasteiger partial charge in [0.25, 0.3) is 0 Å². The van der Waals surface area contributed by atoms with Gasteiger partial charge in [0.2, 0.25) is 0 Å². The zero-order valence-corrected chi connectivity index (χ0v) is 20.6. The highest BCUT2D eigenvalue weighted by Gasteiger charge is 2.33. The van der Waals surface area contributed by atoms with E-state index in [-0.39, 0.29) is 23.3 Å². The predicted molar refractivity (Wildman–Crippen MR) is 130 cm³/mol. The van der Waals surface area contributed by atoms with Crippen molar-refractivity contribution in [2.24, 2.45) is 16.6 Å². The lowest BCUT2D eigenvalue weighted by atomic mass is 9.78. The number of amides is 1. The fourth-order valence-electron chi connectivity index (χ4n) is 3.41. The van der Waals surface area contributed by atoms with E-state index in [1.165, 1.54) is 12.3 Å². The molecule has 0 aromatic rings. The maximum atomic E-state index is 12.7. The zero-order valence-electron chi connectivity index (χ0n) is 19.9. The molecule has 0 aliphatic heterocycles. The number of rotatable bonds is 10. The number of carbonyl (C=O) groups is 1. The Balaban J connectivity index is 2.56. The van der Waals surface area contributed by atoms with Crippen LogP contribution < -0.4 is 16.4 Å². The largest absolute Gasteiger partial charge is 0.444 e. The Morgan fingerprint density at radius 2 is 1.97 bits per heavy atom. The molecule has 1 aliphatic rings. The first-order valence-corrected chi connectivity index (χ1v) is 11.3. The smallest absolute Gasteiger partial charge is 0.410 e. The fourth-order valence-corrected chi connectivity index (χ4v) is 3.51. The molecule has 0 bridgehead atoms. The van der Waals surface area contributed by atoms with Crippen molar-refractivity contribution >= 4 is 23.5 Å². The number of halogens is 1. The first kappa shape index (κ1) is 27.0. The summed E-state index contributed by atoms with van der Waals surface area (Å²) in [5.74, 6) is 0.836. The van der Waals surface area contributed by atoms with E-state index in [2.05, 4.69) is 49.6 Å². The predicted octanol–water partition coefficient (Wildman–Crippen LogP) is 4.46. The molecular weight excluding hydrogens is 414 g/mol. The van der Waals surface area contributed by atoms with Crippen molar-refractivity contribution in [3.05, 3.63) is 36.3 Å². The molecule has 4 N–H and O–H groups in total. The standard InChI is InChI=1S/C23H40ClN5O2/c1-9-15(3)29(22(30)31-23(6,7)8)16(4)14-27-19-11-18(12-19)17(5)28-21(26-10-2)13-20(24)25/h10,13,15-16,18-19,27H,2,5,9,11-12,14,25H2,1,3-4,6-8H3,(H,26,28)/b20-13-. The fraction of sp³-hybridized carbons (Fsp3) is 0.652. The third-order valence-corrected chi connectivity index (χ3v) is 5.38. The second-order valence-electron chi connectivity index (χ2n) is 9.14. The maximum Gasteiger partial charge on any atom is 0.410 e. The van der Waals surface area contributed by atoms with E-state index >= 15 is 0 Å². The van der Waals surface area contributed by atoms with E-state index < -0.39 is 5.60 Å². The summed E-state index contributed by atoms with van der Waals surface area (Å²) in [6.45, 7) is 20.3. The number of nitrogens with one attached hydrogen (secondary N) is 2. The van der Waals surface area contributed by atoms with Gasteiger partial charge < -0.3 is 26.0 Å². The van der Waals surface area contributed by atoms with Crippen LogP contribution in [-0.2, 0) is 4.74 Å². The highest BCUT2D eigenvalue weighted by Crippen LogP contribution is 2.32. The number of carbonyl (C=O) groups excluding carboxylic acids is 1. The molecule has 1 amide bonds. The van der Waals surface area contributed by atoms with E-state index in [0.29, 0.717) is 24.3 Å². The van der Waals surface area contributed by atoms with Gasteiger partial charge >= 0.3 is 6.09 Å². The molecule has 0 aromatic carbocycles. The second-order valence-corrected chi connectivity index (χ2v) is 9.58. The van der Waals surface area contributed by atoms with Crippen molar-refractivity contribution in [3.8, 4) is 0 Å². The summed E-state index contributed by atoms with van der Waals surface area (Å²) >= 11 is 5.74. The highest BCUT2D eigenvalue weighted by atomic mass is 35.5. The van der Waals surface area contributed by atoms with Crippen LogP contribution in [0.15, 0.2) is 41.3 Å². The minimum Gasteiger partial charge on any atom is -0.444 e. The number of ether oxygens (including phenoxy) is 1. The number of nitrogens with zero attached hydrogens (tertiary/aromatic N) is 2. The molecule has 0 spiro atoms. The summed E-state index contributed by atoms with van der Waals surface area (Å²) in [5.41, 5.74) is 5.88. The van der Waals surface area contributed by atoms with E-state index in [0.717, 1.165) is 25.0 Å². The van der Waals surface area contributed by atoms with Crippen LogP contribution in [0.4, 0.5) is 4.79 Å². The Morgan fingerprint density at radius 1 is 1.35 bits per heavy atom. The molecule has 1 saturated carbocycles. The van der Waals surface area contributed by atoms with Gasteiger partial charge in [-0.15, -0.1) is 0 Å². The van der Waals surface area contributed by atoms with Gasteiger partial charge in [-0.2, -0.15) is 0 Å². The van der Waals surface area contributed by atoms with Crippen molar-refractivity contribution in [1.29, 1.82) is 0 Å². The average molecular weight is 454 g/mol. The van der Waals surface area contributed by atoms with Gasteiger partial charge in [0.1, 0.15) is 16.6 Å². The van der Waals surface area contributed by atoms with Crippen molar-refractivity contribution in [1.82, 2.24) is 15.5 Å². The van der Waals surface area contributed by atoms with Crippen LogP contribution in [0, 0.1) is 5.92 Å². The highest BCUT2D eigenvalue weighted by molar-refractivity contribution is 6.30. The van der Waals surface area contributed by atoms with E-state index in [1.807, 2.05) is 25.7 Å². The van der Waals surface area contributed by atoms with Crippen LogP contribution in [0.3, 0.4) is 0 Å². The van der Waals surface area contributed by atoms with Gasteiger partial charge in [0, 0.05) is 48.6 Å². The van der Waals surface area contributed by atoms with Crippen molar-refractivity contribution < 1.29 is 9.53 Å². The SMILES string of the molecule is C=C/N=C(\C=C(/N)Cl)NC(=C)C1CC(NCC(C)N(C(=O)OC(C)(C)C)C(C)CC)C1. The number of hydrogen-bond donors (Lipinski definition) is 3. The monoisotopic (exact) mass is 453 g/mol. The Bertz CT molecular complexity index is 689. The quantitative estimate of drug-likeness (QED) is 0.258. The first-order valence-electron chi connectivity index (χ1n) is 10.9. The van der Waals surface area contributed by atoms with Crippen LogP contribution in [0.2, 0.25) is 0 Å². The summed E-state index contributed by atoms with van der Waals surface area (Å²) in [7, 11) is 0. The Morgan fingerprint density at radius 3 is 2.45 bits per heavy atom. The zero-order chi connectivity index (χ0) is 23.8. The Hall–Kier alpha value is -1.99. The number of aliphatic imine (C=N–C) groups is 1. The van der Waals surface area contributed by atoms with Crippen LogP contribution in [0.1, 0.15) is 60.8 Å². The van der Waals surface area contributed by atoms with Crippen molar-refractivity contribution in [2.45, 2.75) is 84.5 Å². The van der Waals surface area contributed by atoms with E-state index in [1.54, 1.807) is 0 Å². The molecule has 1 aliphatic carbocycles. The molecule has 1 rings (SSSR count). The molecule has 2 unspecified atom stereocenters. The molecular formula is C23H40ClN5O2. The van der Waals surface area contributed by atoms with Crippen LogP contribution >= 0.6 is 11.6 Å². The topological polar surface area (TPSA) is 92.0 Å². The third kappa shape index (κ3) is 9.35. The third-order valence-electron chi connectivity index (χ3n) is 5.27. The summed E-state index contributed by atoms with van der Waals surface area (Å²) in [6.07, 6.45) is 5.47. The van der Waals surface area contributed by atoms with Crippen molar-refractivity contribution in [2.75, 3.05) is 6.54 Å². The van der Waals surface area contributed by atoms with Gasteiger partial charge in [-0.3, -0.25) is 0 Å². The lowest BCUT2D eigenvalue weighted by Crippen LogP contribution is -2.53. The van der Waals surface area contributed by atoms with Gasteiger partial charge in [0.15, 0.2) is 0 Å². The minimum atomic E-state index is -0.512. The summed E-state index contributed by atoms with van der Waals surface area (Å²) in [4.78, 5) is 18.7. The normalized spacial score (nSPS) is 21.5. The minimum absolute atomic E-state index is 0.0216. The number of hydrogen-bond acceptors (Lipinski definition) is 5. The van der Waals surface area contributed by atoms with Crippen LogP contribution in [0.25, 0.3) is 0 Å². The van der Waals surface area contributed by atoms with E-state index in [9.17, 15) is 4.79 Å². The molecule has 7 nitrogen and oxygen atoms in total. The summed E-state index contributed by atoms with van der Waals surface area (Å²) in [6, 6.07) is 0.500. The van der Waals surface area contributed by atoms with Crippen LogP contribution in [0.5, 0.6) is 0 Å². The molecule has 0 saturated heterocycles. The Kier molecular flexibility index (Phi) is 10.6. The molecule has 31 heavy (non-hydrogen) atoms. The molecule has 176 valence electrons. The van der Waals surface area contributed by atoms with Gasteiger partial charge in [-0.05, 0) is 53.9 Å². The summed E-state index contributed by atoms with van der Waals surface area (Å²) < 4.78 is 5.62. The maximum absolute atomic E-state index is 12.7. The molecule has 0 heterocycles. The number of allylic oxidation sites excluding steroid dienone is 1. The average Bonchev–Trinajstić information content (AvgIpc) is 2.58. The molecule has 0 radical (unpaired) electrons. The Labute approximate surface area is 192 Å². The first-order chi connectivity index (χ1) is 14.4. The molecule has 8 heteroatoms. The number of nitrogens with two attached hydrogens (primary N) is 1. The van der Waals surface area contributed by atoms with Crippen molar-refractivity contribution in [3.63, 3.8) is 0 Å². The number of amidine groups is 1.